The molecule has 0 radical (unpaired) electrons. The Kier molecular flexibility index (Phi) is 34.5. The fourth-order valence-electron chi connectivity index (χ4n) is 8.08. The smallest absolute Gasteiger partial charge is 0.0845 e. The van der Waals surface area contributed by atoms with Crippen LogP contribution >= 0.6 is 0 Å². The van der Waals surface area contributed by atoms with Crippen molar-refractivity contribution in [2.75, 3.05) is 0 Å². The first kappa shape index (κ1) is 55.2. The molecule has 1 atom stereocenters. The molecule has 0 spiro atoms. The van der Waals surface area contributed by atoms with Gasteiger partial charge in [-0.25, -0.2) is 4.99 Å². The fourth-order valence-corrected chi connectivity index (χ4v) is 9.26. The zero-order valence-electron chi connectivity index (χ0n) is 40.0. The van der Waals surface area contributed by atoms with E-state index in [9.17, 15) is 0 Å². The summed E-state index contributed by atoms with van der Waals surface area (Å²) in [5.41, 5.74) is 7.44. The molecule has 0 saturated carbocycles. The van der Waals surface area contributed by atoms with Gasteiger partial charge in [0.2, 0.25) is 0 Å². The molecule has 0 aromatic heterocycles. The van der Waals surface area contributed by atoms with E-state index in [1.54, 1.807) is 0 Å². The van der Waals surface area contributed by atoms with E-state index >= 15 is 0 Å². The van der Waals surface area contributed by atoms with Gasteiger partial charge in [0.1, 0.15) is 0 Å². The molecular formula is C55H94N2NiSi. The van der Waals surface area contributed by atoms with Crippen LogP contribution in [0, 0.1) is 0 Å². The van der Waals surface area contributed by atoms with Gasteiger partial charge in [0.25, 0.3) is 0 Å². The van der Waals surface area contributed by atoms with Gasteiger partial charge in [-0.05, 0) is 79.6 Å². The van der Waals surface area contributed by atoms with Crippen molar-refractivity contribution < 1.29 is 16.5 Å². The van der Waals surface area contributed by atoms with Crippen LogP contribution in [0.15, 0.2) is 70.7 Å². The van der Waals surface area contributed by atoms with E-state index in [-0.39, 0.29) is 16.5 Å². The summed E-state index contributed by atoms with van der Waals surface area (Å²) in [6.07, 6.45) is 47.7. The van der Waals surface area contributed by atoms with Crippen LogP contribution in [-0.2, 0) is 22.9 Å². The minimum atomic E-state index is -1.30. The number of nitrogens with zero attached hydrogens (tertiary/aromatic N) is 2. The summed E-state index contributed by atoms with van der Waals surface area (Å²) in [5.74, 6) is 0. The minimum absolute atomic E-state index is 0. The van der Waals surface area contributed by atoms with Crippen LogP contribution in [0.4, 0.5) is 11.4 Å². The third-order valence-corrected chi connectivity index (χ3v) is 15.5. The minimum Gasteiger partial charge on any atom is -0.252 e. The van der Waals surface area contributed by atoms with Crippen LogP contribution in [0.2, 0.25) is 19.6 Å². The molecule has 59 heavy (non-hydrogen) atoms. The molecule has 2 aromatic rings. The molecule has 2 rings (SSSR count). The second kappa shape index (κ2) is 36.8. The maximum absolute atomic E-state index is 5.18. The zero-order valence-corrected chi connectivity index (χ0v) is 42.0. The second-order valence-corrected chi connectivity index (χ2v) is 24.6. The van der Waals surface area contributed by atoms with Crippen molar-refractivity contribution in [1.29, 1.82) is 0 Å². The third-order valence-electron chi connectivity index (χ3n) is 12.6. The topological polar surface area (TPSA) is 24.7 Å². The molecule has 0 heterocycles. The van der Waals surface area contributed by atoms with Crippen molar-refractivity contribution in [3.05, 3.63) is 71.8 Å². The maximum atomic E-state index is 5.18. The number of allylic oxidation sites excluding steroid dienone is 2. The van der Waals surface area contributed by atoms with Gasteiger partial charge in [-0.1, -0.05) is 244 Å². The summed E-state index contributed by atoms with van der Waals surface area (Å²) in [5, 5.41) is 0. The fraction of sp³-hybridized carbons (Fsp3) is 0.709. The molecule has 2 aromatic carbocycles. The molecule has 0 fully saturated rings. The Morgan fingerprint density at radius 2 is 0.949 bits per heavy atom. The number of unbranched alkanes of at least 4 members (excludes halogenated alkanes) is 28. The van der Waals surface area contributed by atoms with Gasteiger partial charge < -0.3 is 0 Å². The molecular weight excluding hydrogens is 775 g/mol. The Morgan fingerprint density at radius 1 is 0.525 bits per heavy atom. The Balaban J connectivity index is 0.0000174. The normalized spacial score (nSPS) is 13.0. The number of aryl methyl sites for hydroxylation is 1. The van der Waals surface area contributed by atoms with E-state index < -0.39 is 8.07 Å². The monoisotopic (exact) mass is 869 g/mol. The number of benzene rings is 2. The van der Waals surface area contributed by atoms with Crippen molar-refractivity contribution in [3.63, 3.8) is 0 Å². The van der Waals surface area contributed by atoms with Gasteiger partial charge in [0.15, 0.2) is 0 Å². The summed E-state index contributed by atoms with van der Waals surface area (Å²) < 4.78 is 0. The molecule has 0 bridgehead atoms. The van der Waals surface area contributed by atoms with Crippen LogP contribution in [0.1, 0.15) is 237 Å². The Bertz CT molecular complexity index is 1350. The van der Waals surface area contributed by atoms with E-state index in [2.05, 4.69) is 108 Å². The van der Waals surface area contributed by atoms with E-state index in [4.69, 9.17) is 9.98 Å². The van der Waals surface area contributed by atoms with Crippen molar-refractivity contribution in [3.8, 4) is 0 Å². The number of hydrogen-bond acceptors (Lipinski definition) is 2. The summed E-state index contributed by atoms with van der Waals surface area (Å²) in [6.45, 7) is 16.5. The predicted molar refractivity (Wildman–Crippen MR) is 267 cm³/mol. The van der Waals surface area contributed by atoms with Gasteiger partial charge in [0.05, 0.1) is 30.9 Å². The quantitative estimate of drug-likeness (QED) is 0.0367. The molecule has 2 nitrogen and oxygen atoms in total. The van der Waals surface area contributed by atoms with Gasteiger partial charge in [-0.2, -0.15) is 0 Å². The molecule has 4 heteroatoms. The van der Waals surface area contributed by atoms with Crippen molar-refractivity contribution in [2.45, 2.75) is 252 Å². The van der Waals surface area contributed by atoms with Gasteiger partial charge in [-0.15, -0.1) is 0 Å². The van der Waals surface area contributed by atoms with Crippen LogP contribution < -0.4 is 0 Å². The molecule has 0 aliphatic rings. The molecule has 0 aliphatic heterocycles. The number of aliphatic imine (C=N–C) groups is 2. The van der Waals surface area contributed by atoms with Crippen molar-refractivity contribution in [2.24, 2.45) is 9.98 Å². The standard InChI is InChI=1S/C55H94N2Si.Ni/c1-8-10-12-14-16-18-20-21-22-23-24-25-26-27-28-30-32-34-36-38-43-55(49(3)56-54-42-39-41-52(48-54)50(4)58(5,6)7)57-53-46-44-51(45-47-53)40-37-35-33-31-29-19-17-15-13-11-9-2;/h38-39,41-48,50H,8-37,40H2,1-7H3;/b43-38+,56-49?,57-55?;. The van der Waals surface area contributed by atoms with E-state index in [1.807, 2.05) is 0 Å². The second-order valence-electron chi connectivity index (χ2n) is 19.0. The number of rotatable bonds is 37. The van der Waals surface area contributed by atoms with E-state index in [0.29, 0.717) is 5.54 Å². The molecule has 0 amide bonds. The average molecular weight is 870 g/mol. The summed E-state index contributed by atoms with van der Waals surface area (Å²) in [6, 6.07) is 17.9. The summed E-state index contributed by atoms with van der Waals surface area (Å²) >= 11 is 0. The SMILES string of the molecule is CCCCCCCCCCCCCCCCCCCC/C=C/C(=Nc1ccc(CCCCCCCCCCCCC)cc1)C(C)=Nc1cccc(C(C)[Si](C)(C)C)c1.[Ni]. The molecule has 1 unspecified atom stereocenters. The van der Waals surface area contributed by atoms with Crippen molar-refractivity contribution >= 4 is 30.9 Å². The van der Waals surface area contributed by atoms with Crippen LogP contribution in [0.5, 0.6) is 0 Å². The molecule has 0 aliphatic carbocycles. The van der Waals surface area contributed by atoms with Gasteiger partial charge in [-0.3, -0.25) is 4.99 Å². The first-order chi connectivity index (χ1) is 28.2. The largest absolute Gasteiger partial charge is 0.252 e. The Morgan fingerprint density at radius 3 is 1.39 bits per heavy atom. The molecule has 0 saturated heterocycles. The van der Waals surface area contributed by atoms with Crippen LogP contribution in [0.3, 0.4) is 0 Å². The number of hydrogen-bond donors (Lipinski definition) is 0. The Hall–Kier alpha value is -1.77. The van der Waals surface area contributed by atoms with Crippen LogP contribution in [0.25, 0.3) is 0 Å². The molecule has 338 valence electrons. The summed E-state index contributed by atoms with van der Waals surface area (Å²) in [7, 11) is -1.30. The Labute approximate surface area is 379 Å². The zero-order chi connectivity index (χ0) is 41.9. The van der Waals surface area contributed by atoms with Crippen molar-refractivity contribution in [1.82, 2.24) is 0 Å². The van der Waals surface area contributed by atoms with Gasteiger partial charge in [0, 0.05) is 16.5 Å². The summed E-state index contributed by atoms with van der Waals surface area (Å²) in [4.78, 5) is 10.3. The van der Waals surface area contributed by atoms with E-state index in [0.717, 1.165) is 29.2 Å². The van der Waals surface area contributed by atoms with Gasteiger partial charge >= 0.3 is 0 Å². The first-order valence-corrected chi connectivity index (χ1v) is 28.8. The van der Waals surface area contributed by atoms with E-state index in [1.165, 1.54) is 204 Å². The molecule has 0 N–H and O–H groups in total. The average Bonchev–Trinajstić information content (AvgIpc) is 3.21. The predicted octanol–water partition coefficient (Wildman–Crippen LogP) is 19.4. The third kappa shape index (κ3) is 29.2. The maximum Gasteiger partial charge on any atom is 0.0845 e. The van der Waals surface area contributed by atoms with Crippen LogP contribution in [-0.4, -0.2) is 19.5 Å². The first-order valence-electron chi connectivity index (χ1n) is 25.2.